The number of likely N-dealkylation sites (N-methyl/N-ethyl adjacent to an activating group) is 1. The van der Waals surface area contributed by atoms with E-state index in [0.717, 1.165) is 59.4 Å². The zero-order valence-electron chi connectivity index (χ0n) is 17.5. The molecule has 1 heterocycles. The van der Waals surface area contributed by atoms with Crippen molar-refractivity contribution >= 4 is 10.8 Å². The molecule has 1 atom stereocenters. The van der Waals surface area contributed by atoms with E-state index >= 15 is 0 Å². The zero-order chi connectivity index (χ0) is 20.9. The number of aliphatic hydroxyl groups is 2. The lowest BCUT2D eigenvalue weighted by Crippen LogP contribution is -2.47. The Morgan fingerprint density at radius 1 is 0.900 bits per heavy atom. The van der Waals surface area contributed by atoms with Crippen LogP contribution in [-0.2, 0) is 6.61 Å². The number of nitrogens with zero attached hydrogens (tertiary/aromatic N) is 2. The highest BCUT2D eigenvalue weighted by atomic mass is 16.5. The zero-order valence-corrected chi connectivity index (χ0v) is 17.5. The van der Waals surface area contributed by atoms with E-state index in [1.807, 2.05) is 36.4 Å². The van der Waals surface area contributed by atoms with Gasteiger partial charge in [-0.1, -0.05) is 36.4 Å². The van der Waals surface area contributed by atoms with E-state index in [1.165, 1.54) is 0 Å². The first-order valence-corrected chi connectivity index (χ1v) is 10.6. The third-order valence-electron chi connectivity index (χ3n) is 5.76. The Balaban J connectivity index is 1.42. The van der Waals surface area contributed by atoms with Crippen LogP contribution in [0.2, 0.25) is 0 Å². The van der Waals surface area contributed by atoms with Crippen molar-refractivity contribution in [2.45, 2.75) is 12.7 Å². The molecule has 0 aliphatic carbocycles. The van der Waals surface area contributed by atoms with Gasteiger partial charge < -0.3 is 19.8 Å². The molecule has 30 heavy (non-hydrogen) atoms. The number of piperazine rings is 1. The van der Waals surface area contributed by atoms with Crippen molar-refractivity contribution in [1.82, 2.24) is 9.80 Å². The molecule has 3 aromatic carbocycles. The van der Waals surface area contributed by atoms with E-state index in [9.17, 15) is 10.2 Å². The summed E-state index contributed by atoms with van der Waals surface area (Å²) in [6.45, 7) is 5.04. The van der Waals surface area contributed by atoms with Gasteiger partial charge in [0, 0.05) is 32.7 Å². The number of hydrogen-bond donors (Lipinski definition) is 2. The maximum Gasteiger partial charge on any atom is 0.120 e. The summed E-state index contributed by atoms with van der Waals surface area (Å²) in [5.41, 5.74) is 3.08. The topological polar surface area (TPSA) is 56.2 Å². The van der Waals surface area contributed by atoms with Crippen LogP contribution in [0.4, 0.5) is 0 Å². The minimum Gasteiger partial charge on any atom is -0.491 e. The average Bonchev–Trinajstić information content (AvgIpc) is 2.78. The second-order valence-electron chi connectivity index (χ2n) is 8.15. The molecule has 0 saturated carbocycles. The van der Waals surface area contributed by atoms with Crippen LogP contribution in [0.25, 0.3) is 21.9 Å². The maximum absolute atomic E-state index is 10.4. The van der Waals surface area contributed by atoms with Gasteiger partial charge in [0.1, 0.15) is 18.5 Å². The van der Waals surface area contributed by atoms with Crippen molar-refractivity contribution in [3.63, 3.8) is 0 Å². The summed E-state index contributed by atoms with van der Waals surface area (Å²) in [5.74, 6) is 0.765. The van der Waals surface area contributed by atoms with Crippen molar-refractivity contribution < 1.29 is 14.9 Å². The molecule has 0 radical (unpaired) electrons. The van der Waals surface area contributed by atoms with Crippen LogP contribution in [0, 0.1) is 0 Å². The Bertz CT molecular complexity index is 983. The largest absolute Gasteiger partial charge is 0.491 e. The summed E-state index contributed by atoms with van der Waals surface area (Å²) in [4.78, 5) is 4.60. The van der Waals surface area contributed by atoms with Gasteiger partial charge in [-0.3, -0.25) is 4.90 Å². The average molecular weight is 407 g/mol. The van der Waals surface area contributed by atoms with Gasteiger partial charge in [-0.25, -0.2) is 0 Å². The molecule has 1 aliphatic heterocycles. The summed E-state index contributed by atoms with van der Waals surface area (Å²) in [6, 6.07) is 20.3. The Hall–Kier alpha value is -2.44. The first-order chi connectivity index (χ1) is 14.6. The summed E-state index contributed by atoms with van der Waals surface area (Å²) >= 11 is 0. The van der Waals surface area contributed by atoms with Crippen LogP contribution in [0.1, 0.15) is 5.56 Å². The smallest absolute Gasteiger partial charge is 0.120 e. The fraction of sp³-hybridized carbons (Fsp3) is 0.360. The highest BCUT2D eigenvalue weighted by Crippen LogP contribution is 2.28. The van der Waals surface area contributed by atoms with Gasteiger partial charge in [0.05, 0.1) is 6.61 Å². The second-order valence-corrected chi connectivity index (χ2v) is 8.15. The lowest BCUT2D eigenvalue weighted by molar-refractivity contribution is 0.0505. The van der Waals surface area contributed by atoms with Crippen LogP contribution >= 0.6 is 0 Å². The Morgan fingerprint density at radius 3 is 2.47 bits per heavy atom. The standard InChI is InChI=1S/C25H30N2O3/c1-26-9-11-27(12-10-26)16-24(29)18-30-25-8-7-20-5-6-22(14-23(20)15-25)21-4-2-3-19(13-21)17-28/h2-8,13-15,24,28-29H,9-12,16-18H2,1H3. The summed E-state index contributed by atoms with van der Waals surface area (Å²) in [7, 11) is 2.13. The van der Waals surface area contributed by atoms with E-state index < -0.39 is 6.10 Å². The van der Waals surface area contributed by atoms with E-state index in [-0.39, 0.29) is 13.2 Å². The molecule has 1 fully saturated rings. The van der Waals surface area contributed by atoms with Crippen molar-refractivity contribution in [1.29, 1.82) is 0 Å². The minimum absolute atomic E-state index is 0.0376. The van der Waals surface area contributed by atoms with Gasteiger partial charge >= 0.3 is 0 Å². The molecular weight excluding hydrogens is 376 g/mol. The monoisotopic (exact) mass is 406 g/mol. The summed E-state index contributed by atoms with van der Waals surface area (Å²) in [6.07, 6.45) is -0.503. The molecule has 0 aromatic heterocycles. The highest BCUT2D eigenvalue weighted by molar-refractivity contribution is 5.88. The lowest BCUT2D eigenvalue weighted by atomic mass is 10.00. The van der Waals surface area contributed by atoms with Crippen LogP contribution in [-0.4, -0.2) is 72.5 Å². The van der Waals surface area contributed by atoms with Crippen LogP contribution < -0.4 is 4.74 Å². The molecule has 1 unspecified atom stereocenters. The number of aliphatic hydroxyl groups excluding tert-OH is 2. The normalized spacial score (nSPS) is 16.6. The molecule has 158 valence electrons. The third kappa shape index (κ3) is 5.18. The maximum atomic E-state index is 10.4. The van der Waals surface area contributed by atoms with Gasteiger partial charge in [0.25, 0.3) is 0 Å². The number of rotatable bonds is 7. The van der Waals surface area contributed by atoms with E-state index in [1.54, 1.807) is 0 Å². The van der Waals surface area contributed by atoms with E-state index in [2.05, 4.69) is 41.1 Å². The molecule has 5 heteroatoms. The molecule has 0 amide bonds. The molecule has 1 saturated heterocycles. The number of fused-ring (bicyclic) bond motifs is 1. The molecule has 0 bridgehead atoms. The van der Waals surface area contributed by atoms with Crippen molar-refractivity contribution in [3.05, 3.63) is 66.2 Å². The molecule has 2 N–H and O–H groups in total. The van der Waals surface area contributed by atoms with Crippen LogP contribution in [0.5, 0.6) is 5.75 Å². The molecule has 1 aliphatic rings. The summed E-state index contributed by atoms with van der Waals surface area (Å²) < 4.78 is 5.90. The SMILES string of the molecule is CN1CCN(CC(O)COc2ccc3ccc(-c4cccc(CO)c4)cc3c2)CC1. The fourth-order valence-corrected chi connectivity index (χ4v) is 3.92. The van der Waals surface area contributed by atoms with Gasteiger partial charge in [0.15, 0.2) is 0 Å². The quantitative estimate of drug-likeness (QED) is 0.632. The lowest BCUT2D eigenvalue weighted by Gasteiger charge is -2.33. The summed E-state index contributed by atoms with van der Waals surface area (Å²) in [5, 5.41) is 22.0. The van der Waals surface area contributed by atoms with Gasteiger partial charge in [-0.15, -0.1) is 0 Å². The molecular formula is C25H30N2O3. The van der Waals surface area contributed by atoms with Gasteiger partial charge in [-0.05, 0) is 58.8 Å². The van der Waals surface area contributed by atoms with Gasteiger partial charge in [-0.2, -0.15) is 0 Å². The molecule has 0 spiro atoms. The highest BCUT2D eigenvalue weighted by Gasteiger charge is 2.17. The third-order valence-corrected chi connectivity index (χ3v) is 5.76. The first-order valence-electron chi connectivity index (χ1n) is 10.6. The number of hydrogen-bond acceptors (Lipinski definition) is 5. The minimum atomic E-state index is -0.503. The van der Waals surface area contributed by atoms with Crippen molar-refractivity contribution in [2.75, 3.05) is 46.4 Å². The number of β-amino-alcohol motifs (C(OH)–C–C–N with tert-alkyl or cyclic N) is 1. The number of benzene rings is 3. The Kier molecular flexibility index (Phi) is 6.65. The molecule has 3 aromatic rings. The van der Waals surface area contributed by atoms with E-state index in [4.69, 9.17) is 4.74 Å². The van der Waals surface area contributed by atoms with E-state index in [0.29, 0.717) is 6.54 Å². The Labute approximate surface area is 178 Å². The Morgan fingerprint density at radius 2 is 1.67 bits per heavy atom. The predicted molar refractivity (Wildman–Crippen MR) is 121 cm³/mol. The number of ether oxygens (including phenoxy) is 1. The predicted octanol–water partition coefficient (Wildman–Crippen LogP) is 2.99. The fourth-order valence-electron chi connectivity index (χ4n) is 3.92. The van der Waals surface area contributed by atoms with Gasteiger partial charge in [0.2, 0.25) is 0 Å². The van der Waals surface area contributed by atoms with Crippen molar-refractivity contribution in [2.24, 2.45) is 0 Å². The first kappa shape index (κ1) is 20.8. The second kappa shape index (κ2) is 9.58. The van der Waals surface area contributed by atoms with Crippen LogP contribution in [0.15, 0.2) is 60.7 Å². The molecule has 5 nitrogen and oxygen atoms in total. The van der Waals surface area contributed by atoms with Crippen molar-refractivity contribution in [3.8, 4) is 16.9 Å². The molecule has 4 rings (SSSR count). The van der Waals surface area contributed by atoms with Crippen LogP contribution in [0.3, 0.4) is 0 Å².